The Morgan fingerprint density at radius 3 is 2.82 bits per heavy atom. The molecule has 0 aliphatic heterocycles. The average molecular weight is 156 g/mol. The summed E-state index contributed by atoms with van der Waals surface area (Å²) in [7, 11) is 0. The van der Waals surface area contributed by atoms with Gasteiger partial charge in [0.25, 0.3) is 0 Å². The highest BCUT2D eigenvalue weighted by Gasteiger charge is 2.34. The van der Waals surface area contributed by atoms with Crippen LogP contribution in [0.25, 0.3) is 0 Å². The third-order valence-corrected chi connectivity index (χ3v) is 1.38. The van der Waals surface area contributed by atoms with Crippen LogP contribution in [0.3, 0.4) is 0 Å². The van der Waals surface area contributed by atoms with Crippen molar-refractivity contribution in [1.29, 1.82) is 0 Å². The predicted molar refractivity (Wildman–Crippen MR) is 35.8 cm³/mol. The normalized spacial score (nSPS) is 15.8. The molecule has 3 N–H and O–H groups in total. The van der Waals surface area contributed by atoms with E-state index in [2.05, 4.69) is 9.97 Å². The minimum absolute atomic E-state index is 0.0324. The predicted octanol–water partition coefficient (Wildman–Crippen LogP) is -0.298. The summed E-state index contributed by atoms with van der Waals surface area (Å²) in [6.45, 7) is 1.16. The molecule has 0 saturated heterocycles. The van der Waals surface area contributed by atoms with Gasteiger partial charge in [0.15, 0.2) is 0 Å². The van der Waals surface area contributed by atoms with Gasteiger partial charge in [-0.1, -0.05) is 0 Å². The van der Waals surface area contributed by atoms with Crippen molar-refractivity contribution >= 4 is 5.97 Å². The Hall–Kier alpha value is -1.36. The van der Waals surface area contributed by atoms with Crippen molar-refractivity contribution in [3.63, 3.8) is 0 Å². The lowest BCUT2D eigenvalue weighted by Crippen LogP contribution is -2.33. The fourth-order valence-corrected chi connectivity index (χ4v) is 0.633. The first-order valence-corrected chi connectivity index (χ1v) is 3.01. The third-order valence-electron chi connectivity index (χ3n) is 1.38. The van der Waals surface area contributed by atoms with Crippen LogP contribution in [-0.4, -0.2) is 26.2 Å². The number of carboxylic acids is 1. The Labute approximate surface area is 62.7 Å². The van der Waals surface area contributed by atoms with Crippen LogP contribution >= 0.6 is 0 Å². The molecule has 5 nitrogen and oxygen atoms in total. The highest BCUT2D eigenvalue weighted by atomic mass is 16.4. The highest BCUT2D eigenvalue weighted by Crippen LogP contribution is 2.15. The molecule has 5 heteroatoms. The Balaban J connectivity index is 3.00. The van der Waals surface area contributed by atoms with E-state index >= 15 is 0 Å². The summed E-state index contributed by atoms with van der Waals surface area (Å²) in [5, 5.41) is 17.8. The van der Waals surface area contributed by atoms with Crippen LogP contribution in [-0.2, 0) is 10.4 Å². The Kier molecular flexibility index (Phi) is 1.66. The topological polar surface area (TPSA) is 86.2 Å². The molecule has 0 radical (unpaired) electrons. The summed E-state index contributed by atoms with van der Waals surface area (Å²) in [5.74, 6) is -1.29. The molecule has 0 aliphatic rings. The van der Waals surface area contributed by atoms with Gasteiger partial charge in [0.05, 0.1) is 0 Å². The van der Waals surface area contributed by atoms with Crippen molar-refractivity contribution in [2.24, 2.45) is 0 Å². The smallest absolute Gasteiger partial charge is 0.343 e. The van der Waals surface area contributed by atoms with Gasteiger partial charge in [-0.15, -0.1) is 0 Å². The van der Waals surface area contributed by atoms with Gasteiger partial charge in [-0.3, -0.25) is 0 Å². The first-order valence-electron chi connectivity index (χ1n) is 3.01. The van der Waals surface area contributed by atoms with Gasteiger partial charge in [-0.25, -0.2) is 9.78 Å². The van der Waals surface area contributed by atoms with Gasteiger partial charge < -0.3 is 15.2 Å². The van der Waals surface area contributed by atoms with Crippen LogP contribution in [0.2, 0.25) is 0 Å². The van der Waals surface area contributed by atoms with Gasteiger partial charge >= 0.3 is 5.97 Å². The van der Waals surface area contributed by atoms with E-state index in [1.54, 1.807) is 0 Å². The largest absolute Gasteiger partial charge is 0.479 e. The Morgan fingerprint density at radius 1 is 1.82 bits per heavy atom. The minimum atomic E-state index is -1.93. The van der Waals surface area contributed by atoms with Crippen molar-refractivity contribution in [3.05, 3.63) is 18.2 Å². The Bertz CT molecular complexity index is 253. The van der Waals surface area contributed by atoms with E-state index in [4.69, 9.17) is 5.11 Å². The third kappa shape index (κ3) is 1.22. The van der Waals surface area contributed by atoms with Crippen molar-refractivity contribution in [1.82, 2.24) is 9.97 Å². The summed E-state index contributed by atoms with van der Waals surface area (Å²) in [5.41, 5.74) is -1.93. The molecule has 1 unspecified atom stereocenters. The fraction of sp³-hybridized carbons (Fsp3) is 0.333. The highest BCUT2D eigenvalue weighted by molar-refractivity contribution is 5.77. The van der Waals surface area contributed by atoms with Crippen LogP contribution < -0.4 is 0 Å². The number of aromatic nitrogens is 2. The van der Waals surface area contributed by atoms with Crippen molar-refractivity contribution < 1.29 is 15.0 Å². The molecule has 0 saturated carbocycles. The second-order valence-corrected chi connectivity index (χ2v) is 2.32. The number of carbonyl (C=O) groups is 1. The molecule has 11 heavy (non-hydrogen) atoms. The number of aliphatic carboxylic acids is 1. The molecule has 1 aromatic rings. The molecular weight excluding hydrogens is 148 g/mol. The number of aliphatic hydroxyl groups is 1. The van der Waals surface area contributed by atoms with Crippen molar-refractivity contribution in [2.75, 3.05) is 0 Å². The molecule has 0 aliphatic carbocycles. The SMILES string of the molecule is CC(O)(C(=O)O)c1ncc[nH]1. The second kappa shape index (κ2) is 2.35. The first-order chi connectivity index (χ1) is 5.05. The first kappa shape index (κ1) is 7.74. The van der Waals surface area contributed by atoms with E-state index in [-0.39, 0.29) is 5.82 Å². The number of imidazole rings is 1. The zero-order valence-electron chi connectivity index (χ0n) is 5.90. The fourth-order valence-electron chi connectivity index (χ4n) is 0.633. The van der Waals surface area contributed by atoms with Gasteiger partial charge in [0, 0.05) is 12.4 Å². The van der Waals surface area contributed by atoms with Gasteiger partial charge in [-0.05, 0) is 6.92 Å². The monoisotopic (exact) mass is 156 g/mol. The number of nitrogens with one attached hydrogen (secondary N) is 1. The lowest BCUT2D eigenvalue weighted by molar-refractivity contribution is -0.158. The minimum Gasteiger partial charge on any atom is -0.479 e. The van der Waals surface area contributed by atoms with Crippen LogP contribution in [0.1, 0.15) is 12.7 Å². The molecule has 1 heterocycles. The van der Waals surface area contributed by atoms with Crippen LogP contribution in [0, 0.1) is 0 Å². The van der Waals surface area contributed by atoms with Crippen LogP contribution in [0.4, 0.5) is 0 Å². The summed E-state index contributed by atoms with van der Waals surface area (Å²) < 4.78 is 0. The van der Waals surface area contributed by atoms with Crippen LogP contribution in [0.15, 0.2) is 12.4 Å². The maximum Gasteiger partial charge on any atom is 0.343 e. The van der Waals surface area contributed by atoms with Crippen LogP contribution in [0.5, 0.6) is 0 Å². The number of rotatable bonds is 2. The zero-order valence-corrected chi connectivity index (χ0v) is 5.90. The van der Waals surface area contributed by atoms with Gasteiger partial charge in [0.2, 0.25) is 5.60 Å². The summed E-state index contributed by atoms with van der Waals surface area (Å²) in [6, 6.07) is 0. The molecule has 1 aromatic heterocycles. The molecule has 60 valence electrons. The number of aromatic amines is 1. The number of H-pyrrole nitrogens is 1. The Morgan fingerprint density at radius 2 is 2.45 bits per heavy atom. The lowest BCUT2D eigenvalue weighted by Gasteiger charge is -2.13. The van der Waals surface area contributed by atoms with Crippen molar-refractivity contribution in [2.45, 2.75) is 12.5 Å². The molecule has 0 spiro atoms. The summed E-state index contributed by atoms with van der Waals surface area (Å²) in [6.07, 6.45) is 2.83. The lowest BCUT2D eigenvalue weighted by atomic mass is 10.1. The van der Waals surface area contributed by atoms with E-state index in [1.807, 2.05) is 0 Å². The number of carboxylic acid groups (broad SMARTS) is 1. The molecular formula is C6H8N2O3. The van der Waals surface area contributed by atoms with Crippen molar-refractivity contribution in [3.8, 4) is 0 Å². The molecule has 0 fully saturated rings. The van der Waals surface area contributed by atoms with E-state index in [1.165, 1.54) is 12.4 Å². The molecule has 1 rings (SSSR count). The molecule has 0 amide bonds. The van der Waals surface area contributed by atoms with E-state index in [0.717, 1.165) is 6.92 Å². The van der Waals surface area contributed by atoms with Gasteiger partial charge in [-0.2, -0.15) is 0 Å². The standard InChI is InChI=1S/C6H8N2O3/c1-6(11,5(9)10)4-7-2-3-8-4/h2-3,11H,1H3,(H,7,8)(H,9,10). The summed E-state index contributed by atoms with van der Waals surface area (Å²) >= 11 is 0. The number of hydrogen-bond donors (Lipinski definition) is 3. The second-order valence-electron chi connectivity index (χ2n) is 2.32. The number of nitrogens with zero attached hydrogens (tertiary/aromatic N) is 1. The zero-order chi connectivity index (χ0) is 8.48. The quantitative estimate of drug-likeness (QED) is 0.548. The summed E-state index contributed by atoms with van der Waals surface area (Å²) in [4.78, 5) is 16.5. The maximum atomic E-state index is 10.4. The molecule has 0 bridgehead atoms. The van der Waals surface area contributed by atoms with E-state index in [0.29, 0.717) is 0 Å². The molecule has 0 aromatic carbocycles. The number of hydrogen-bond acceptors (Lipinski definition) is 3. The van der Waals surface area contributed by atoms with E-state index < -0.39 is 11.6 Å². The average Bonchev–Trinajstić information content (AvgIpc) is 2.37. The maximum absolute atomic E-state index is 10.4. The van der Waals surface area contributed by atoms with E-state index in [9.17, 15) is 9.90 Å². The van der Waals surface area contributed by atoms with Gasteiger partial charge in [0.1, 0.15) is 5.82 Å². The molecule has 1 atom stereocenters.